The fourth-order valence-corrected chi connectivity index (χ4v) is 5.90. The van der Waals surface area contributed by atoms with Gasteiger partial charge in [-0.25, -0.2) is 0 Å². The van der Waals surface area contributed by atoms with Crippen LogP contribution in [0, 0.1) is 12.8 Å². The van der Waals surface area contributed by atoms with Gasteiger partial charge in [0.1, 0.15) is 10.8 Å². The highest BCUT2D eigenvalue weighted by Crippen LogP contribution is 2.46. The first-order valence-electron chi connectivity index (χ1n) is 8.81. The lowest BCUT2D eigenvalue weighted by molar-refractivity contribution is -0.141. The Labute approximate surface area is 164 Å². The number of hydrogen-bond donors (Lipinski definition) is 2. The Balaban J connectivity index is 1.74. The van der Waals surface area contributed by atoms with Crippen LogP contribution in [0.2, 0.25) is 5.02 Å². The van der Waals surface area contributed by atoms with Crippen LogP contribution >= 0.6 is 22.9 Å². The first kappa shape index (κ1) is 16.9. The molecule has 6 nitrogen and oxygen atoms in total. The van der Waals surface area contributed by atoms with Gasteiger partial charge < -0.3 is 5.11 Å². The fourth-order valence-electron chi connectivity index (χ4n) is 4.14. The fraction of sp³-hybridized carbons (Fsp3) is 0.316. The molecular formula is C19H17ClN4O2S. The molecule has 2 aliphatic rings. The third-order valence-corrected chi connectivity index (χ3v) is 7.01. The number of nitrogens with one attached hydrogen (secondary N) is 1. The summed E-state index contributed by atoms with van der Waals surface area (Å²) in [5.74, 6) is 0.609. The minimum atomic E-state index is -0.732. The molecule has 5 rings (SSSR count). The number of aliphatic carboxylic acids is 1. The lowest BCUT2D eigenvalue weighted by Crippen LogP contribution is -2.22. The molecule has 2 atom stereocenters. The van der Waals surface area contributed by atoms with Gasteiger partial charge in [0.25, 0.3) is 0 Å². The summed E-state index contributed by atoms with van der Waals surface area (Å²) in [7, 11) is 0. The van der Waals surface area contributed by atoms with Gasteiger partial charge in [-0.15, -0.1) is 21.5 Å². The van der Waals surface area contributed by atoms with Gasteiger partial charge in [-0.05, 0) is 37.0 Å². The van der Waals surface area contributed by atoms with Crippen molar-refractivity contribution in [2.24, 2.45) is 5.92 Å². The van der Waals surface area contributed by atoms with Crippen LogP contribution < -0.4 is 5.32 Å². The second-order valence-electron chi connectivity index (χ2n) is 7.00. The van der Waals surface area contributed by atoms with E-state index in [1.165, 1.54) is 0 Å². The van der Waals surface area contributed by atoms with Crippen molar-refractivity contribution in [3.8, 4) is 5.00 Å². The average Bonchev–Trinajstić information content (AvgIpc) is 3.27. The number of carboxylic acids is 1. The molecule has 3 aromatic rings. The molecule has 1 aliphatic carbocycles. The van der Waals surface area contributed by atoms with Crippen LogP contribution in [0.5, 0.6) is 0 Å². The van der Waals surface area contributed by atoms with E-state index in [0.717, 1.165) is 38.2 Å². The Kier molecular flexibility index (Phi) is 3.86. The Morgan fingerprint density at radius 3 is 2.93 bits per heavy atom. The SMILES string of the molecule is Cc1nnc2n1-c1sc3c(c1[C@H](c1ccccc1Cl)NC2)C[C@H](C(=O)O)C3. The number of carbonyl (C=O) groups is 1. The van der Waals surface area contributed by atoms with Crippen LogP contribution in [0.15, 0.2) is 24.3 Å². The maximum atomic E-state index is 11.6. The molecule has 27 heavy (non-hydrogen) atoms. The molecule has 1 aromatic carbocycles. The third kappa shape index (κ3) is 2.53. The molecule has 0 radical (unpaired) electrons. The summed E-state index contributed by atoms with van der Waals surface area (Å²) < 4.78 is 2.10. The van der Waals surface area contributed by atoms with Crippen molar-refractivity contribution in [2.75, 3.05) is 0 Å². The lowest BCUT2D eigenvalue weighted by atomic mass is 9.95. The maximum absolute atomic E-state index is 11.6. The van der Waals surface area contributed by atoms with Crippen LogP contribution in [0.25, 0.3) is 5.00 Å². The van der Waals surface area contributed by atoms with Crippen LogP contribution in [0.4, 0.5) is 0 Å². The van der Waals surface area contributed by atoms with Crippen LogP contribution in [-0.2, 0) is 24.2 Å². The Hall–Kier alpha value is -2.22. The lowest BCUT2D eigenvalue weighted by Gasteiger charge is -2.20. The summed E-state index contributed by atoms with van der Waals surface area (Å²) in [6.45, 7) is 2.51. The molecule has 2 aromatic heterocycles. The molecule has 0 bridgehead atoms. The van der Waals surface area contributed by atoms with Gasteiger partial charge in [0.15, 0.2) is 5.82 Å². The zero-order valence-electron chi connectivity index (χ0n) is 14.6. The molecule has 1 aliphatic heterocycles. The van der Waals surface area contributed by atoms with Crippen molar-refractivity contribution in [1.29, 1.82) is 0 Å². The van der Waals surface area contributed by atoms with Crippen molar-refractivity contribution in [3.05, 3.63) is 62.5 Å². The van der Waals surface area contributed by atoms with Gasteiger partial charge in [-0.3, -0.25) is 14.7 Å². The summed E-state index contributed by atoms with van der Waals surface area (Å²) in [5.41, 5.74) is 3.26. The number of hydrogen-bond acceptors (Lipinski definition) is 5. The largest absolute Gasteiger partial charge is 0.481 e. The summed E-state index contributed by atoms with van der Waals surface area (Å²) in [6.07, 6.45) is 1.13. The number of aryl methyl sites for hydroxylation is 1. The summed E-state index contributed by atoms with van der Waals surface area (Å²) in [6, 6.07) is 7.70. The minimum Gasteiger partial charge on any atom is -0.481 e. The maximum Gasteiger partial charge on any atom is 0.307 e. The predicted octanol–water partition coefficient (Wildman–Crippen LogP) is 3.28. The van der Waals surface area contributed by atoms with E-state index < -0.39 is 5.97 Å². The third-order valence-electron chi connectivity index (χ3n) is 5.41. The molecule has 0 saturated carbocycles. The molecular weight excluding hydrogens is 384 g/mol. The summed E-state index contributed by atoms with van der Waals surface area (Å²) in [4.78, 5) is 12.7. The van der Waals surface area contributed by atoms with Gasteiger partial charge in [0.2, 0.25) is 0 Å². The quantitative estimate of drug-likeness (QED) is 0.690. The van der Waals surface area contributed by atoms with E-state index in [2.05, 4.69) is 20.1 Å². The minimum absolute atomic E-state index is 0.109. The van der Waals surface area contributed by atoms with Gasteiger partial charge in [-0.2, -0.15) is 0 Å². The molecule has 8 heteroatoms. The van der Waals surface area contributed by atoms with Crippen molar-refractivity contribution in [2.45, 2.75) is 32.4 Å². The predicted molar refractivity (Wildman–Crippen MR) is 103 cm³/mol. The number of aromatic nitrogens is 3. The van der Waals surface area contributed by atoms with E-state index in [1.54, 1.807) is 11.3 Å². The second kappa shape index (κ2) is 6.15. The van der Waals surface area contributed by atoms with Crippen LogP contribution in [0.1, 0.15) is 39.3 Å². The highest BCUT2D eigenvalue weighted by atomic mass is 35.5. The molecule has 0 amide bonds. The molecule has 0 saturated heterocycles. The number of benzene rings is 1. The van der Waals surface area contributed by atoms with Gasteiger partial charge >= 0.3 is 5.97 Å². The normalized spacial score (nSPS) is 20.7. The first-order chi connectivity index (χ1) is 13.0. The summed E-state index contributed by atoms with van der Waals surface area (Å²) >= 11 is 8.19. The Morgan fingerprint density at radius 2 is 2.15 bits per heavy atom. The monoisotopic (exact) mass is 400 g/mol. The van der Waals surface area contributed by atoms with E-state index in [0.29, 0.717) is 24.4 Å². The van der Waals surface area contributed by atoms with E-state index in [1.807, 2.05) is 31.2 Å². The number of fused-ring (bicyclic) bond motifs is 5. The van der Waals surface area contributed by atoms with Crippen molar-refractivity contribution < 1.29 is 9.90 Å². The van der Waals surface area contributed by atoms with E-state index in [-0.39, 0.29) is 12.0 Å². The van der Waals surface area contributed by atoms with Gasteiger partial charge in [0.05, 0.1) is 18.5 Å². The van der Waals surface area contributed by atoms with Crippen LogP contribution in [-0.4, -0.2) is 25.8 Å². The average molecular weight is 401 g/mol. The number of nitrogens with zero attached hydrogens (tertiary/aromatic N) is 3. The van der Waals surface area contributed by atoms with Gasteiger partial charge in [-0.1, -0.05) is 29.8 Å². The number of halogens is 1. The highest BCUT2D eigenvalue weighted by Gasteiger charge is 2.38. The van der Waals surface area contributed by atoms with E-state index in [9.17, 15) is 9.90 Å². The Bertz CT molecular complexity index is 1070. The zero-order valence-corrected chi connectivity index (χ0v) is 16.1. The van der Waals surface area contributed by atoms with Crippen molar-refractivity contribution >= 4 is 28.9 Å². The topological polar surface area (TPSA) is 80.0 Å². The van der Waals surface area contributed by atoms with Crippen LogP contribution in [0.3, 0.4) is 0 Å². The first-order valence-corrected chi connectivity index (χ1v) is 10.0. The standard InChI is InChI=1S/C19H17ClN4O2S/c1-9-22-23-15-8-21-17(11-4-2-3-5-13(11)20)16-12-6-10(19(25)26)7-14(12)27-18(16)24(9)15/h2-5,10,17,21H,6-8H2,1H3,(H,25,26)/t10-,17-/m0/s1. The Morgan fingerprint density at radius 1 is 1.33 bits per heavy atom. The number of carboxylic acid groups (broad SMARTS) is 1. The van der Waals surface area contributed by atoms with Crippen molar-refractivity contribution in [3.63, 3.8) is 0 Å². The molecule has 0 spiro atoms. The summed E-state index contributed by atoms with van der Waals surface area (Å²) in [5, 5.41) is 23.4. The van der Waals surface area contributed by atoms with E-state index in [4.69, 9.17) is 11.6 Å². The second-order valence-corrected chi connectivity index (χ2v) is 8.49. The van der Waals surface area contributed by atoms with Gasteiger partial charge in [0, 0.05) is 15.5 Å². The smallest absolute Gasteiger partial charge is 0.307 e. The van der Waals surface area contributed by atoms with Crippen molar-refractivity contribution in [1.82, 2.24) is 20.1 Å². The molecule has 3 heterocycles. The molecule has 138 valence electrons. The molecule has 2 N–H and O–H groups in total. The molecule has 0 fully saturated rings. The zero-order chi connectivity index (χ0) is 18.7. The number of rotatable bonds is 2. The van der Waals surface area contributed by atoms with E-state index >= 15 is 0 Å². The number of thiophene rings is 1. The molecule has 0 unspecified atom stereocenters. The highest BCUT2D eigenvalue weighted by molar-refractivity contribution is 7.15.